The third-order valence-corrected chi connectivity index (χ3v) is 2.37. The quantitative estimate of drug-likeness (QED) is 0.573. The van der Waals surface area contributed by atoms with Crippen molar-refractivity contribution < 1.29 is 4.79 Å². The van der Waals surface area contributed by atoms with Gasteiger partial charge >= 0.3 is 0 Å². The molecule has 0 aromatic rings. The lowest BCUT2D eigenvalue weighted by Crippen LogP contribution is -2.06. The third kappa shape index (κ3) is 2.07. The van der Waals surface area contributed by atoms with Crippen LogP contribution in [0.2, 0.25) is 0 Å². The molecule has 0 spiro atoms. The molecule has 0 saturated heterocycles. The van der Waals surface area contributed by atoms with Crippen LogP contribution in [0.1, 0.15) is 39.5 Å². The van der Waals surface area contributed by atoms with Gasteiger partial charge in [-0.2, -0.15) is 0 Å². The first kappa shape index (κ1) is 9.24. The van der Waals surface area contributed by atoms with Gasteiger partial charge in [-0.25, -0.2) is 0 Å². The molecule has 0 amide bonds. The van der Waals surface area contributed by atoms with Gasteiger partial charge in [0.05, 0.1) is 0 Å². The van der Waals surface area contributed by atoms with Gasteiger partial charge in [-0.05, 0) is 50.7 Å². The monoisotopic (exact) mass is 164 g/mol. The summed E-state index contributed by atoms with van der Waals surface area (Å²) in [4.78, 5) is 11.6. The predicted molar refractivity (Wildman–Crippen MR) is 51.0 cm³/mol. The van der Waals surface area contributed by atoms with Gasteiger partial charge in [0, 0.05) is 0 Å². The second kappa shape index (κ2) is 4.24. The molecule has 0 aromatic carbocycles. The number of hydrogen-bond acceptors (Lipinski definition) is 1. The maximum absolute atomic E-state index is 11.6. The number of carbonyl (C=O) groups excluding carboxylic acids is 1. The van der Waals surface area contributed by atoms with Crippen molar-refractivity contribution >= 4 is 5.78 Å². The Balaban J connectivity index is 2.69. The van der Waals surface area contributed by atoms with Gasteiger partial charge in [-0.1, -0.05) is 12.2 Å². The minimum atomic E-state index is 0.247. The zero-order valence-corrected chi connectivity index (χ0v) is 7.89. The van der Waals surface area contributed by atoms with Crippen LogP contribution in [0.5, 0.6) is 0 Å². The molecule has 1 aliphatic rings. The molecular weight excluding hydrogens is 148 g/mol. The van der Waals surface area contributed by atoms with Crippen molar-refractivity contribution in [1.29, 1.82) is 0 Å². The van der Waals surface area contributed by atoms with Gasteiger partial charge in [-0.15, -0.1) is 0 Å². The maximum atomic E-state index is 11.6. The van der Waals surface area contributed by atoms with Crippen LogP contribution in [-0.2, 0) is 4.79 Å². The highest BCUT2D eigenvalue weighted by Crippen LogP contribution is 2.20. The van der Waals surface area contributed by atoms with E-state index < -0.39 is 0 Å². The molecule has 1 nitrogen and oxygen atoms in total. The van der Waals surface area contributed by atoms with E-state index in [1.807, 2.05) is 19.9 Å². The Labute approximate surface area is 74.2 Å². The van der Waals surface area contributed by atoms with Crippen LogP contribution >= 0.6 is 0 Å². The van der Waals surface area contributed by atoms with Crippen molar-refractivity contribution in [2.24, 2.45) is 0 Å². The Morgan fingerprint density at radius 2 is 2.25 bits per heavy atom. The van der Waals surface area contributed by atoms with Crippen LogP contribution in [0.25, 0.3) is 0 Å². The molecule has 0 heterocycles. The van der Waals surface area contributed by atoms with E-state index in [0.717, 1.165) is 24.0 Å². The van der Waals surface area contributed by atoms with Crippen LogP contribution in [0.4, 0.5) is 0 Å². The highest BCUT2D eigenvalue weighted by atomic mass is 16.1. The summed E-state index contributed by atoms with van der Waals surface area (Å²) >= 11 is 0. The summed E-state index contributed by atoms with van der Waals surface area (Å²) in [5.74, 6) is 0.247. The van der Waals surface area contributed by atoms with Crippen molar-refractivity contribution in [3.05, 3.63) is 23.3 Å². The van der Waals surface area contributed by atoms with Crippen molar-refractivity contribution in [3.8, 4) is 0 Å². The third-order valence-electron chi connectivity index (χ3n) is 2.37. The first-order chi connectivity index (χ1) is 5.75. The fourth-order valence-corrected chi connectivity index (χ4v) is 1.43. The molecule has 0 fully saturated rings. The Morgan fingerprint density at radius 1 is 1.50 bits per heavy atom. The molecule has 12 heavy (non-hydrogen) atoms. The number of rotatable bonds is 2. The Morgan fingerprint density at radius 3 is 2.75 bits per heavy atom. The summed E-state index contributed by atoms with van der Waals surface area (Å²) in [5.41, 5.74) is 1.90. The van der Waals surface area contributed by atoms with Gasteiger partial charge in [-0.3, -0.25) is 4.79 Å². The fraction of sp³-hybridized carbons (Fsp3) is 0.545. The molecule has 0 bridgehead atoms. The average Bonchev–Trinajstić information content (AvgIpc) is 2.17. The first-order valence-corrected chi connectivity index (χ1v) is 4.62. The molecular formula is C11H16O. The minimum Gasteiger partial charge on any atom is -0.289 e. The van der Waals surface area contributed by atoms with E-state index in [1.54, 1.807) is 0 Å². The number of Topliss-reactive ketones (excluding diaryl/α,β-unsaturated/α-hetero) is 1. The van der Waals surface area contributed by atoms with Gasteiger partial charge in [0.15, 0.2) is 5.78 Å². The molecule has 66 valence electrons. The normalized spacial score (nSPS) is 18.8. The van der Waals surface area contributed by atoms with E-state index >= 15 is 0 Å². The van der Waals surface area contributed by atoms with Crippen molar-refractivity contribution in [1.82, 2.24) is 0 Å². The summed E-state index contributed by atoms with van der Waals surface area (Å²) in [6.45, 7) is 3.80. The molecule has 0 radical (unpaired) electrons. The second-order valence-corrected chi connectivity index (χ2v) is 3.28. The molecule has 1 rings (SSSR count). The molecule has 1 aliphatic carbocycles. The Hall–Kier alpha value is -0.850. The summed E-state index contributed by atoms with van der Waals surface area (Å²) in [6, 6.07) is 0. The molecule has 0 unspecified atom stereocenters. The molecule has 0 aliphatic heterocycles. The van der Waals surface area contributed by atoms with Gasteiger partial charge in [0.25, 0.3) is 0 Å². The maximum Gasteiger partial charge on any atom is 0.184 e. The average molecular weight is 164 g/mol. The van der Waals surface area contributed by atoms with Gasteiger partial charge in [0.1, 0.15) is 0 Å². The van der Waals surface area contributed by atoms with Crippen LogP contribution in [0.15, 0.2) is 23.3 Å². The predicted octanol–water partition coefficient (Wildman–Crippen LogP) is 3.02. The topological polar surface area (TPSA) is 17.1 Å². The summed E-state index contributed by atoms with van der Waals surface area (Å²) in [6.07, 6.45) is 8.46. The van der Waals surface area contributed by atoms with E-state index in [0.29, 0.717) is 0 Å². The Kier molecular flexibility index (Phi) is 3.27. The van der Waals surface area contributed by atoms with E-state index in [9.17, 15) is 4.79 Å². The van der Waals surface area contributed by atoms with E-state index in [-0.39, 0.29) is 5.78 Å². The second-order valence-electron chi connectivity index (χ2n) is 3.28. The smallest absolute Gasteiger partial charge is 0.184 e. The molecule has 1 heteroatoms. The van der Waals surface area contributed by atoms with Gasteiger partial charge in [0.2, 0.25) is 0 Å². The number of allylic oxidation sites excluding steroid dienone is 4. The number of hydrogen-bond donors (Lipinski definition) is 0. The van der Waals surface area contributed by atoms with Crippen molar-refractivity contribution in [2.75, 3.05) is 0 Å². The lowest BCUT2D eigenvalue weighted by Gasteiger charge is -2.11. The molecule has 0 N–H and O–H groups in total. The van der Waals surface area contributed by atoms with Crippen LogP contribution in [0, 0.1) is 0 Å². The minimum absolute atomic E-state index is 0.247. The van der Waals surface area contributed by atoms with E-state index in [1.165, 1.54) is 12.8 Å². The largest absolute Gasteiger partial charge is 0.289 e. The zero-order valence-electron chi connectivity index (χ0n) is 7.89. The number of ketones is 1. The van der Waals surface area contributed by atoms with Crippen molar-refractivity contribution in [3.63, 3.8) is 0 Å². The summed E-state index contributed by atoms with van der Waals surface area (Å²) in [7, 11) is 0. The first-order valence-electron chi connectivity index (χ1n) is 4.62. The standard InChI is InChI=1S/C11H16O/c1-3-9(2)11(12)10-7-5-4-6-8-10/h3,7H,4-6,8H2,1-2H3/b9-3+. The number of carbonyl (C=O) groups is 1. The SMILES string of the molecule is C/C=C(\C)C(=O)C1=CCCCC1. The summed E-state index contributed by atoms with van der Waals surface area (Å²) in [5, 5.41) is 0. The highest BCUT2D eigenvalue weighted by molar-refractivity contribution is 6.07. The lowest BCUT2D eigenvalue weighted by atomic mass is 9.93. The fourth-order valence-electron chi connectivity index (χ4n) is 1.43. The van der Waals surface area contributed by atoms with Crippen molar-refractivity contribution in [2.45, 2.75) is 39.5 Å². The lowest BCUT2D eigenvalue weighted by molar-refractivity contribution is -0.112. The zero-order chi connectivity index (χ0) is 8.97. The van der Waals surface area contributed by atoms with Crippen LogP contribution < -0.4 is 0 Å². The molecule has 0 atom stereocenters. The van der Waals surface area contributed by atoms with Crippen LogP contribution in [0.3, 0.4) is 0 Å². The van der Waals surface area contributed by atoms with Crippen LogP contribution in [-0.4, -0.2) is 5.78 Å². The van der Waals surface area contributed by atoms with E-state index in [4.69, 9.17) is 0 Å². The highest BCUT2D eigenvalue weighted by Gasteiger charge is 2.12. The molecule has 0 aromatic heterocycles. The van der Waals surface area contributed by atoms with E-state index in [2.05, 4.69) is 6.08 Å². The van der Waals surface area contributed by atoms with Gasteiger partial charge < -0.3 is 0 Å². The summed E-state index contributed by atoms with van der Waals surface area (Å²) < 4.78 is 0. The molecule has 0 saturated carbocycles. The Bertz CT molecular complexity index is 233.